The van der Waals surface area contributed by atoms with E-state index in [1.165, 1.54) is 4.90 Å². The van der Waals surface area contributed by atoms with Crippen molar-refractivity contribution in [1.82, 2.24) is 4.90 Å². The second kappa shape index (κ2) is 4.81. The molecule has 0 amide bonds. The van der Waals surface area contributed by atoms with Gasteiger partial charge in [-0.25, -0.2) is 0 Å². The lowest BCUT2D eigenvalue weighted by Gasteiger charge is -2.36. The fraction of sp³-hybridized carbons (Fsp3) is 0.900. The van der Waals surface area contributed by atoms with E-state index >= 15 is 0 Å². The molecule has 1 aliphatic rings. The van der Waals surface area contributed by atoms with Crippen molar-refractivity contribution >= 4 is 5.97 Å². The summed E-state index contributed by atoms with van der Waals surface area (Å²) in [4.78, 5) is 12.1. The van der Waals surface area contributed by atoms with Crippen molar-refractivity contribution in [1.29, 1.82) is 0 Å². The predicted molar refractivity (Wildman–Crippen MR) is 53.5 cm³/mol. The van der Waals surface area contributed by atoms with E-state index in [9.17, 15) is 23.1 Å². The number of hydrogen-bond donors (Lipinski definition) is 2. The number of carboxylic acid groups (broad SMARTS) is 1. The maximum Gasteiger partial charge on any atom is 0.418 e. The zero-order valence-corrected chi connectivity index (χ0v) is 9.50. The van der Waals surface area contributed by atoms with E-state index in [0.717, 1.165) is 0 Å². The zero-order valence-electron chi connectivity index (χ0n) is 9.50. The highest BCUT2D eigenvalue weighted by Crippen LogP contribution is 2.31. The molecule has 2 unspecified atom stereocenters. The number of carboxylic acids is 1. The highest BCUT2D eigenvalue weighted by Gasteiger charge is 2.51. The highest BCUT2D eigenvalue weighted by molar-refractivity contribution is 5.70. The second-order valence-corrected chi connectivity index (χ2v) is 4.68. The van der Waals surface area contributed by atoms with Crippen LogP contribution in [0.15, 0.2) is 0 Å². The van der Waals surface area contributed by atoms with Gasteiger partial charge >= 0.3 is 12.1 Å². The molecule has 1 heterocycles. The normalized spacial score (nSPS) is 26.5. The fourth-order valence-electron chi connectivity index (χ4n) is 1.93. The van der Waals surface area contributed by atoms with Gasteiger partial charge in [0.1, 0.15) is 0 Å². The first-order chi connectivity index (χ1) is 7.63. The summed E-state index contributed by atoms with van der Waals surface area (Å²) in [7, 11) is 0. The van der Waals surface area contributed by atoms with Crippen molar-refractivity contribution < 1.29 is 28.2 Å². The number of aliphatic hydroxyl groups is 1. The van der Waals surface area contributed by atoms with Crippen LogP contribution < -0.4 is 0 Å². The SMILES string of the molecule is CC(O)(CN1CCCC(C(=O)O)C1)C(F)(F)F. The average molecular weight is 255 g/mol. The number of carbonyl (C=O) groups is 1. The molecule has 0 aromatic carbocycles. The Balaban J connectivity index is 2.60. The minimum Gasteiger partial charge on any atom is -0.481 e. The maximum absolute atomic E-state index is 12.5. The average Bonchev–Trinajstić information content (AvgIpc) is 2.15. The van der Waals surface area contributed by atoms with Gasteiger partial charge in [-0.2, -0.15) is 13.2 Å². The Morgan fingerprint density at radius 2 is 2.06 bits per heavy atom. The van der Waals surface area contributed by atoms with Crippen molar-refractivity contribution in [2.24, 2.45) is 5.92 Å². The lowest BCUT2D eigenvalue weighted by molar-refractivity contribution is -0.258. The molecule has 1 aliphatic heterocycles. The molecule has 4 nitrogen and oxygen atoms in total. The number of halogens is 3. The van der Waals surface area contributed by atoms with Crippen molar-refractivity contribution in [2.75, 3.05) is 19.6 Å². The Morgan fingerprint density at radius 3 is 2.53 bits per heavy atom. The lowest BCUT2D eigenvalue weighted by atomic mass is 9.96. The monoisotopic (exact) mass is 255 g/mol. The van der Waals surface area contributed by atoms with Crippen LogP contribution in [0.2, 0.25) is 0 Å². The molecular formula is C10H16F3NO3. The summed E-state index contributed by atoms with van der Waals surface area (Å²) < 4.78 is 37.4. The summed E-state index contributed by atoms with van der Waals surface area (Å²) >= 11 is 0. The van der Waals surface area contributed by atoms with Gasteiger partial charge in [0.15, 0.2) is 5.60 Å². The molecule has 2 N–H and O–H groups in total. The molecule has 0 bridgehead atoms. The molecule has 17 heavy (non-hydrogen) atoms. The van der Waals surface area contributed by atoms with Crippen molar-refractivity contribution in [2.45, 2.75) is 31.5 Å². The third kappa shape index (κ3) is 3.57. The quantitative estimate of drug-likeness (QED) is 0.792. The molecule has 0 aromatic rings. The molecular weight excluding hydrogens is 239 g/mol. The van der Waals surface area contributed by atoms with E-state index in [1.54, 1.807) is 0 Å². The van der Waals surface area contributed by atoms with Crippen LogP contribution in [0.3, 0.4) is 0 Å². The molecule has 0 aromatic heterocycles. The number of rotatable bonds is 3. The van der Waals surface area contributed by atoms with Crippen LogP contribution in [0.4, 0.5) is 13.2 Å². The standard InChI is InChI=1S/C10H16F3NO3/c1-9(17,10(11,12)13)6-14-4-2-3-7(5-14)8(15)16/h7,17H,2-6H2,1H3,(H,15,16). The van der Waals surface area contributed by atoms with Gasteiger partial charge in [-0.1, -0.05) is 0 Å². The molecule has 1 saturated heterocycles. The molecule has 100 valence electrons. The molecule has 0 aliphatic carbocycles. The zero-order chi connectivity index (χ0) is 13.3. The predicted octanol–water partition coefficient (Wildman–Crippen LogP) is 1.10. The van der Waals surface area contributed by atoms with Crippen LogP contribution >= 0.6 is 0 Å². The van der Waals surface area contributed by atoms with Gasteiger partial charge in [-0.15, -0.1) is 0 Å². The van der Waals surface area contributed by atoms with Gasteiger partial charge in [-0.05, 0) is 26.3 Å². The summed E-state index contributed by atoms with van der Waals surface area (Å²) in [6, 6.07) is 0. The smallest absolute Gasteiger partial charge is 0.418 e. The van der Waals surface area contributed by atoms with E-state index < -0.39 is 30.2 Å². The molecule has 0 saturated carbocycles. The third-order valence-corrected chi connectivity index (χ3v) is 3.00. The van der Waals surface area contributed by atoms with Gasteiger partial charge < -0.3 is 10.2 Å². The summed E-state index contributed by atoms with van der Waals surface area (Å²) in [6.45, 7) is 0.565. The minimum absolute atomic E-state index is 0.0571. The van der Waals surface area contributed by atoms with Crippen molar-refractivity contribution in [3.8, 4) is 0 Å². The van der Waals surface area contributed by atoms with Crippen LogP contribution in [-0.2, 0) is 4.79 Å². The number of hydrogen-bond acceptors (Lipinski definition) is 3. The Labute approximate surface area is 97.0 Å². The van der Waals surface area contributed by atoms with Crippen molar-refractivity contribution in [3.63, 3.8) is 0 Å². The Morgan fingerprint density at radius 1 is 1.47 bits per heavy atom. The Bertz CT molecular complexity index is 291. The van der Waals surface area contributed by atoms with Gasteiger partial charge in [-0.3, -0.25) is 9.69 Å². The fourth-order valence-corrected chi connectivity index (χ4v) is 1.93. The first kappa shape index (κ1) is 14.2. The molecule has 2 atom stereocenters. The van der Waals surface area contributed by atoms with Gasteiger partial charge in [0.25, 0.3) is 0 Å². The largest absolute Gasteiger partial charge is 0.481 e. The molecule has 0 spiro atoms. The summed E-state index contributed by atoms with van der Waals surface area (Å²) in [5.74, 6) is -1.64. The first-order valence-electron chi connectivity index (χ1n) is 5.38. The molecule has 0 radical (unpaired) electrons. The number of piperidine rings is 1. The van der Waals surface area contributed by atoms with E-state index in [1.807, 2.05) is 0 Å². The number of β-amino-alcohol motifs (C(OH)–C–C–N with tert-alkyl or cyclic N) is 1. The van der Waals surface area contributed by atoms with Crippen LogP contribution in [0.25, 0.3) is 0 Å². The highest BCUT2D eigenvalue weighted by atomic mass is 19.4. The second-order valence-electron chi connectivity index (χ2n) is 4.68. The van der Waals surface area contributed by atoms with Crippen LogP contribution in [-0.4, -0.2) is 52.5 Å². The van der Waals surface area contributed by atoms with Crippen LogP contribution in [0.5, 0.6) is 0 Å². The van der Waals surface area contributed by atoms with Gasteiger partial charge in [0.2, 0.25) is 0 Å². The van der Waals surface area contributed by atoms with Crippen molar-refractivity contribution in [3.05, 3.63) is 0 Å². The Kier molecular flexibility index (Phi) is 4.03. The van der Waals surface area contributed by atoms with E-state index in [0.29, 0.717) is 26.3 Å². The van der Waals surface area contributed by atoms with E-state index in [-0.39, 0.29) is 6.54 Å². The Hall–Kier alpha value is -0.820. The van der Waals surface area contributed by atoms with Crippen LogP contribution in [0.1, 0.15) is 19.8 Å². The summed E-state index contributed by atoms with van der Waals surface area (Å²) in [5, 5.41) is 18.1. The third-order valence-electron chi connectivity index (χ3n) is 3.00. The number of aliphatic carboxylic acids is 1. The topological polar surface area (TPSA) is 60.8 Å². The number of nitrogens with zero attached hydrogens (tertiary/aromatic N) is 1. The van der Waals surface area contributed by atoms with E-state index in [2.05, 4.69) is 0 Å². The molecule has 7 heteroatoms. The summed E-state index contributed by atoms with van der Waals surface area (Å²) in [6.07, 6.45) is -3.70. The number of alkyl halides is 3. The first-order valence-corrected chi connectivity index (χ1v) is 5.38. The summed E-state index contributed by atoms with van der Waals surface area (Å²) in [5.41, 5.74) is -2.80. The van der Waals surface area contributed by atoms with Gasteiger partial charge in [0, 0.05) is 13.1 Å². The molecule has 1 fully saturated rings. The number of likely N-dealkylation sites (tertiary alicyclic amines) is 1. The maximum atomic E-state index is 12.5. The van der Waals surface area contributed by atoms with Gasteiger partial charge in [0.05, 0.1) is 5.92 Å². The van der Waals surface area contributed by atoms with E-state index in [4.69, 9.17) is 5.11 Å². The minimum atomic E-state index is -4.71. The molecule has 1 rings (SSSR count). The van der Waals surface area contributed by atoms with Crippen LogP contribution in [0, 0.1) is 5.92 Å². The lowest BCUT2D eigenvalue weighted by Crippen LogP contribution is -2.53.